The molecule has 26 heavy (non-hydrogen) atoms. The predicted molar refractivity (Wildman–Crippen MR) is 98.1 cm³/mol. The number of H-pyrrole nitrogens is 1. The molecule has 2 N–H and O–H groups in total. The number of likely N-dealkylation sites (tertiary alicyclic amines) is 1. The molecule has 0 aliphatic carbocycles. The van der Waals surface area contributed by atoms with Crippen molar-refractivity contribution >= 4 is 11.7 Å². The van der Waals surface area contributed by atoms with Crippen LogP contribution < -0.4 is 4.90 Å². The van der Waals surface area contributed by atoms with Gasteiger partial charge in [0.05, 0.1) is 17.4 Å². The van der Waals surface area contributed by atoms with Crippen LogP contribution in [-0.2, 0) is 6.42 Å². The van der Waals surface area contributed by atoms with Gasteiger partial charge in [0.15, 0.2) is 0 Å². The van der Waals surface area contributed by atoms with Crippen molar-refractivity contribution in [2.75, 3.05) is 31.1 Å². The second-order valence-corrected chi connectivity index (χ2v) is 7.38. The summed E-state index contributed by atoms with van der Waals surface area (Å²) in [7, 11) is 0. The van der Waals surface area contributed by atoms with E-state index in [1.165, 1.54) is 0 Å². The lowest BCUT2D eigenvalue weighted by atomic mass is 10.0. The number of anilines is 1. The van der Waals surface area contributed by atoms with Crippen molar-refractivity contribution in [1.29, 1.82) is 0 Å². The average Bonchev–Trinajstić information content (AvgIpc) is 3.38. The minimum atomic E-state index is -0.403. The van der Waals surface area contributed by atoms with Crippen molar-refractivity contribution in [1.82, 2.24) is 20.1 Å². The maximum absolute atomic E-state index is 12.4. The highest BCUT2D eigenvalue weighted by Crippen LogP contribution is 2.25. The zero-order valence-electron chi connectivity index (χ0n) is 15.1. The maximum Gasteiger partial charge on any atom is 0.255 e. The van der Waals surface area contributed by atoms with Gasteiger partial charge in [0.1, 0.15) is 5.82 Å². The van der Waals surface area contributed by atoms with E-state index in [1.54, 1.807) is 6.20 Å². The molecule has 2 saturated heterocycles. The summed E-state index contributed by atoms with van der Waals surface area (Å²) in [5, 5.41) is 17.6. The van der Waals surface area contributed by atoms with Gasteiger partial charge in [-0.2, -0.15) is 5.10 Å². The summed E-state index contributed by atoms with van der Waals surface area (Å²) in [5.41, 5.74) is 2.65. The number of pyridine rings is 1. The van der Waals surface area contributed by atoms with Crippen LogP contribution in [-0.4, -0.2) is 63.4 Å². The number of nitrogens with one attached hydrogen (secondary N) is 1. The third kappa shape index (κ3) is 3.44. The first-order chi connectivity index (χ1) is 12.6. The number of hydrogen-bond donors (Lipinski definition) is 2. The van der Waals surface area contributed by atoms with Crippen molar-refractivity contribution in [3.8, 4) is 0 Å². The fourth-order valence-electron chi connectivity index (χ4n) is 3.89. The number of aromatic amines is 1. The largest absolute Gasteiger partial charge is 0.391 e. The highest BCUT2D eigenvalue weighted by atomic mass is 16.3. The molecular weight excluding hydrogens is 330 g/mol. The smallest absolute Gasteiger partial charge is 0.255 e. The molecular formula is C19H25N5O2. The van der Waals surface area contributed by atoms with Crippen LogP contribution in [0.1, 0.15) is 34.6 Å². The number of carbonyl (C=O) groups excluding carboxylic acids is 1. The number of β-amino-alcohol motifs (C(OH)–C–C–N with tert-alkyl or cyclic N) is 1. The van der Waals surface area contributed by atoms with E-state index < -0.39 is 6.10 Å². The average molecular weight is 355 g/mol. The number of nitrogens with zero attached hydrogens (tertiary/aromatic N) is 4. The molecule has 2 aliphatic heterocycles. The maximum atomic E-state index is 12.4. The Bertz CT molecular complexity index is 766. The Kier molecular flexibility index (Phi) is 4.63. The fourth-order valence-corrected chi connectivity index (χ4v) is 3.89. The topological polar surface area (TPSA) is 85.3 Å². The van der Waals surface area contributed by atoms with E-state index >= 15 is 0 Å². The van der Waals surface area contributed by atoms with Gasteiger partial charge < -0.3 is 14.9 Å². The Morgan fingerprint density at radius 1 is 1.31 bits per heavy atom. The Morgan fingerprint density at radius 3 is 2.77 bits per heavy atom. The quantitative estimate of drug-likeness (QED) is 0.866. The summed E-state index contributed by atoms with van der Waals surface area (Å²) in [6.45, 7) is 4.95. The van der Waals surface area contributed by atoms with E-state index in [2.05, 4.69) is 20.1 Å². The number of aliphatic hydroxyl groups is 1. The van der Waals surface area contributed by atoms with Crippen LogP contribution in [0.3, 0.4) is 0 Å². The second kappa shape index (κ2) is 7.07. The van der Waals surface area contributed by atoms with Gasteiger partial charge in [0.25, 0.3) is 5.91 Å². The first-order valence-corrected chi connectivity index (χ1v) is 9.29. The molecule has 2 aromatic rings. The van der Waals surface area contributed by atoms with Crippen LogP contribution in [0, 0.1) is 12.8 Å². The molecule has 0 radical (unpaired) electrons. The molecule has 1 amide bonds. The third-order valence-electron chi connectivity index (χ3n) is 5.35. The van der Waals surface area contributed by atoms with Crippen molar-refractivity contribution in [3.05, 3.63) is 41.3 Å². The molecule has 0 bridgehead atoms. The number of aromatic nitrogens is 3. The van der Waals surface area contributed by atoms with Crippen LogP contribution in [0.15, 0.2) is 24.4 Å². The number of hydrogen-bond acceptors (Lipinski definition) is 5. The Morgan fingerprint density at radius 2 is 2.12 bits per heavy atom. The molecule has 0 spiro atoms. The van der Waals surface area contributed by atoms with Gasteiger partial charge >= 0.3 is 0 Å². The van der Waals surface area contributed by atoms with E-state index in [1.807, 2.05) is 30.0 Å². The zero-order chi connectivity index (χ0) is 18.1. The first kappa shape index (κ1) is 17.0. The lowest BCUT2D eigenvalue weighted by Gasteiger charge is -2.18. The van der Waals surface area contributed by atoms with Crippen molar-refractivity contribution < 1.29 is 9.90 Å². The van der Waals surface area contributed by atoms with E-state index in [4.69, 9.17) is 0 Å². The molecule has 7 nitrogen and oxygen atoms in total. The zero-order valence-corrected chi connectivity index (χ0v) is 15.1. The molecule has 2 aromatic heterocycles. The van der Waals surface area contributed by atoms with Crippen molar-refractivity contribution in [3.63, 3.8) is 0 Å². The molecule has 138 valence electrons. The van der Waals surface area contributed by atoms with Crippen LogP contribution in [0.5, 0.6) is 0 Å². The first-order valence-electron chi connectivity index (χ1n) is 9.29. The number of amides is 1. The van der Waals surface area contributed by atoms with Gasteiger partial charge in [-0.25, -0.2) is 4.98 Å². The second-order valence-electron chi connectivity index (χ2n) is 7.38. The lowest BCUT2D eigenvalue weighted by Crippen LogP contribution is -2.28. The highest BCUT2D eigenvalue weighted by molar-refractivity contribution is 5.94. The molecule has 0 saturated carbocycles. The van der Waals surface area contributed by atoms with E-state index in [0.29, 0.717) is 12.1 Å². The molecule has 2 atom stereocenters. The fraction of sp³-hybridized carbons (Fsp3) is 0.526. The van der Waals surface area contributed by atoms with E-state index in [9.17, 15) is 9.90 Å². The molecule has 7 heteroatoms. The van der Waals surface area contributed by atoms with Gasteiger partial charge in [-0.05, 0) is 44.4 Å². The number of carbonyl (C=O) groups is 1. The van der Waals surface area contributed by atoms with Crippen molar-refractivity contribution in [2.24, 2.45) is 5.92 Å². The number of aryl methyl sites for hydroxylation is 1. The van der Waals surface area contributed by atoms with Gasteiger partial charge in [-0.15, -0.1) is 0 Å². The summed E-state index contributed by atoms with van der Waals surface area (Å²) >= 11 is 0. The molecule has 4 rings (SSSR count). The number of aliphatic hydroxyl groups excluding tert-OH is 1. The molecule has 2 aliphatic rings. The minimum absolute atomic E-state index is 0.0646. The highest BCUT2D eigenvalue weighted by Gasteiger charge is 2.32. The van der Waals surface area contributed by atoms with Crippen LogP contribution >= 0.6 is 0 Å². The van der Waals surface area contributed by atoms with Gasteiger partial charge in [0.2, 0.25) is 0 Å². The lowest BCUT2D eigenvalue weighted by molar-refractivity contribution is 0.0792. The Labute approximate surface area is 153 Å². The van der Waals surface area contributed by atoms with Crippen LogP contribution in [0.4, 0.5) is 5.82 Å². The normalized spacial score (nSPS) is 23.0. The number of rotatable bonds is 4. The summed E-state index contributed by atoms with van der Waals surface area (Å²) in [6, 6.07) is 5.75. The summed E-state index contributed by atoms with van der Waals surface area (Å²) in [5.74, 6) is 1.00. The van der Waals surface area contributed by atoms with E-state index in [0.717, 1.165) is 56.1 Å². The Balaban J connectivity index is 1.40. The summed E-state index contributed by atoms with van der Waals surface area (Å²) in [6.07, 6.45) is 4.17. The molecule has 0 aromatic carbocycles. The van der Waals surface area contributed by atoms with Gasteiger partial charge in [0, 0.05) is 44.0 Å². The monoisotopic (exact) mass is 355 g/mol. The standard InChI is InChI=1S/C19H25N5O2/c1-13-8-16(22-21-13)9-15-11-24(12-17(15)25)18-5-4-14(10-20-18)19(26)23-6-2-3-7-23/h4-5,8,10,15,17,25H,2-3,6-7,9,11-12H2,1H3,(H,21,22)/t15-,17-/m1/s1. The van der Waals surface area contributed by atoms with Gasteiger partial charge in [-0.1, -0.05) is 0 Å². The molecule has 4 heterocycles. The van der Waals surface area contributed by atoms with Crippen molar-refractivity contribution in [2.45, 2.75) is 32.3 Å². The van der Waals surface area contributed by atoms with E-state index in [-0.39, 0.29) is 11.8 Å². The summed E-state index contributed by atoms with van der Waals surface area (Å²) < 4.78 is 0. The van der Waals surface area contributed by atoms with Gasteiger partial charge in [-0.3, -0.25) is 9.89 Å². The van der Waals surface area contributed by atoms with Crippen LogP contribution in [0.25, 0.3) is 0 Å². The van der Waals surface area contributed by atoms with Crippen LogP contribution in [0.2, 0.25) is 0 Å². The third-order valence-corrected chi connectivity index (χ3v) is 5.35. The minimum Gasteiger partial charge on any atom is -0.391 e. The predicted octanol–water partition coefficient (Wildman–Crippen LogP) is 1.39. The Hall–Kier alpha value is -2.41. The SMILES string of the molecule is Cc1cc(C[C@@H]2CN(c3ccc(C(=O)N4CCCC4)cn3)C[C@H]2O)n[nH]1. The molecule has 0 unspecified atom stereocenters. The molecule has 2 fully saturated rings. The summed E-state index contributed by atoms with van der Waals surface area (Å²) in [4.78, 5) is 20.9.